The molecule has 0 aliphatic carbocycles. The van der Waals surface area contributed by atoms with Gasteiger partial charge in [-0.3, -0.25) is 10.1 Å². The molecule has 3 nitrogen and oxygen atoms in total. The highest BCUT2D eigenvalue weighted by Gasteiger charge is 2.27. The molecular weight excluding hydrogens is 302 g/mol. The van der Waals surface area contributed by atoms with Crippen molar-refractivity contribution >= 4 is 33.7 Å². The third-order valence-corrected chi connectivity index (χ3v) is 4.93. The Balaban J connectivity index is 2.16. The van der Waals surface area contributed by atoms with Crippen molar-refractivity contribution in [1.82, 2.24) is 5.32 Å². The molecule has 2 unspecified atom stereocenters. The van der Waals surface area contributed by atoms with Crippen molar-refractivity contribution in [3.63, 3.8) is 0 Å². The van der Waals surface area contributed by atoms with Gasteiger partial charge in [0.25, 0.3) is 0 Å². The van der Waals surface area contributed by atoms with E-state index in [9.17, 15) is 4.79 Å². The molecule has 2 atom stereocenters. The summed E-state index contributed by atoms with van der Waals surface area (Å²) in [6.45, 7) is 2.04. The summed E-state index contributed by atoms with van der Waals surface area (Å²) in [5.41, 5.74) is 2.31. The van der Waals surface area contributed by atoms with Crippen LogP contribution in [0, 0.1) is 6.92 Å². The molecule has 0 aromatic heterocycles. The van der Waals surface area contributed by atoms with E-state index in [1.54, 1.807) is 11.8 Å². The van der Waals surface area contributed by atoms with Gasteiger partial charge >= 0.3 is 5.97 Å². The lowest BCUT2D eigenvalue weighted by molar-refractivity contribution is -0.139. The number of hydrogen-bond donors (Lipinski definition) is 2. The van der Waals surface area contributed by atoms with E-state index in [1.165, 1.54) is 5.56 Å². The first-order valence-electron chi connectivity index (χ1n) is 5.44. The Morgan fingerprint density at radius 3 is 3.00 bits per heavy atom. The van der Waals surface area contributed by atoms with Crippen LogP contribution in [0.2, 0.25) is 0 Å². The Labute approximate surface area is 113 Å². The van der Waals surface area contributed by atoms with Gasteiger partial charge in [0.05, 0.1) is 5.37 Å². The number of halogens is 1. The molecule has 1 aromatic rings. The fourth-order valence-corrected chi connectivity index (χ4v) is 3.29. The standard InChI is InChI=1S/C12H14BrNO2S/c1-7-6-8(2-3-9(7)13)11-14-10(12(15)16)4-5-17-11/h2-3,6,10-11,14H,4-5H2,1H3,(H,15,16). The van der Waals surface area contributed by atoms with Crippen LogP contribution < -0.4 is 5.32 Å². The van der Waals surface area contributed by atoms with Crippen LogP contribution in [-0.2, 0) is 4.79 Å². The second-order valence-electron chi connectivity index (χ2n) is 4.11. The summed E-state index contributed by atoms with van der Waals surface area (Å²) in [5, 5.41) is 12.3. The van der Waals surface area contributed by atoms with E-state index in [4.69, 9.17) is 5.11 Å². The molecule has 0 amide bonds. The van der Waals surface area contributed by atoms with Crippen LogP contribution in [-0.4, -0.2) is 22.9 Å². The first kappa shape index (κ1) is 12.9. The zero-order chi connectivity index (χ0) is 12.4. The van der Waals surface area contributed by atoms with E-state index in [0.29, 0.717) is 6.42 Å². The summed E-state index contributed by atoms with van der Waals surface area (Å²) in [7, 11) is 0. The first-order valence-corrected chi connectivity index (χ1v) is 7.28. The largest absolute Gasteiger partial charge is 0.480 e. The summed E-state index contributed by atoms with van der Waals surface area (Å²) in [6.07, 6.45) is 0.687. The molecule has 17 heavy (non-hydrogen) atoms. The maximum Gasteiger partial charge on any atom is 0.320 e. The highest BCUT2D eigenvalue weighted by atomic mass is 79.9. The molecule has 1 aliphatic heterocycles. The van der Waals surface area contributed by atoms with Crippen LogP contribution in [0.1, 0.15) is 22.9 Å². The lowest BCUT2D eigenvalue weighted by Gasteiger charge is -2.28. The molecular formula is C12H14BrNO2S. The van der Waals surface area contributed by atoms with Crippen LogP contribution in [0.15, 0.2) is 22.7 Å². The minimum atomic E-state index is -0.760. The predicted molar refractivity (Wildman–Crippen MR) is 73.3 cm³/mol. The first-order chi connectivity index (χ1) is 8.08. The van der Waals surface area contributed by atoms with Gasteiger partial charge in [0.2, 0.25) is 0 Å². The minimum absolute atomic E-state index is 0.0802. The Kier molecular flexibility index (Phi) is 4.12. The molecule has 1 aromatic carbocycles. The third-order valence-electron chi connectivity index (χ3n) is 2.83. The molecule has 2 N–H and O–H groups in total. The van der Waals surface area contributed by atoms with Gasteiger partial charge in [0, 0.05) is 4.47 Å². The van der Waals surface area contributed by atoms with Gasteiger partial charge in [-0.25, -0.2) is 0 Å². The monoisotopic (exact) mass is 315 g/mol. The lowest BCUT2D eigenvalue weighted by Crippen LogP contribution is -2.41. The maximum atomic E-state index is 11.0. The summed E-state index contributed by atoms with van der Waals surface area (Å²) in [4.78, 5) is 11.0. The Morgan fingerprint density at radius 1 is 1.59 bits per heavy atom. The zero-order valence-electron chi connectivity index (χ0n) is 9.44. The molecule has 2 rings (SSSR count). The number of benzene rings is 1. The van der Waals surface area contributed by atoms with Crippen molar-refractivity contribution < 1.29 is 9.90 Å². The Bertz CT molecular complexity index is 439. The Hall–Kier alpha value is -0.520. The Morgan fingerprint density at radius 2 is 2.35 bits per heavy atom. The molecule has 0 radical (unpaired) electrons. The van der Waals surface area contributed by atoms with Gasteiger partial charge in [0.1, 0.15) is 6.04 Å². The van der Waals surface area contributed by atoms with E-state index in [2.05, 4.69) is 27.3 Å². The molecule has 1 aliphatic rings. The topological polar surface area (TPSA) is 49.3 Å². The van der Waals surface area contributed by atoms with E-state index in [-0.39, 0.29) is 5.37 Å². The summed E-state index contributed by atoms with van der Waals surface area (Å²) >= 11 is 5.23. The molecule has 1 heterocycles. The number of carboxylic acids is 1. The van der Waals surface area contributed by atoms with E-state index < -0.39 is 12.0 Å². The van der Waals surface area contributed by atoms with Gasteiger partial charge < -0.3 is 5.11 Å². The number of thioether (sulfide) groups is 1. The summed E-state index contributed by atoms with van der Waals surface area (Å²) in [6, 6.07) is 5.72. The SMILES string of the molecule is Cc1cc(C2NC(C(=O)O)CCS2)ccc1Br. The van der Waals surface area contributed by atoms with Crippen molar-refractivity contribution in [3.8, 4) is 0 Å². The molecule has 5 heteroatoms. The second-order valence-corrected chi connectivity index (χ2v) is 6.17. The predicted octanol–water partition coefficient (Wildman–Crippen LogP) is 2.94. The highest BCUT2D eigenvalue weighted by molar-refractivity contribution is 9.10. The van der Waals surface area contributed by atoms with Crippen LogP contribution in [0.25, 0.3) is 0 Å². The molecule has 0 bridgehead atoms. The number of carboxylic acid groups (broad SMARTS) is 1. The zero-order valence-corrected chi connectivity index (χ0v) is 11.8. The van der Waals surface area contributed by atoms with Crippen molar-refractivity contribution in [2.24, 2.45) is 0 Å². The van der Waals surface area contributed by atoms with E-state index in [0.717, 1.165) is 15.8 Å². The summed E-state index contributed by atoms with van der Waals surface area (Å²) < 4.78 is 1.08. The van der Waals surface area contributed by atoms with Crippen molar-refractivity contribution in [1.29, 1.82) is 0 Å². The van der Waals surface area contributed by atoms with Crippen LogP contribution in [0.3, 0.4) is 0 Å². The van der Waals surface area contributed by atoms with E-state index >= 15 is 0 Å². The number of nitrogens with one attached hydrogen (secondary N) is 1. The summed E-state index contributed by atoms with van der Waals surface area (Å²) in [5.74, 6) is 0.119. The second kappa shape index (κ2) is 5.42. The maximum absolute atomic E-state index is 11.0. The lowest BCUT2D eigenvalue weighted by atomic mass is 10.1. The van der Waals surface area contributed by atoms with Crippen LogP contribution in [0.4, 0.5) is 0 Å². The number of rotatable bonds is 2. The van der Waals surface area contributed by atoms with Crippen molar-refractivity contribution in [2.45, 2.75) is 24.8 Å². The fourth-order valence-electron chi connectivity index (χ4n) is 1.84. The third kappa shape index (κ3) is 3.03. The molecule has 1 saturated heterocycles. The normalized spacial score (nSPS) is 24.6. The molecule has 0 spiro atoms. The van der Waals surface area contributed by atoms with Crippen molar-refractivity contribution in [3.05, 3.63) is 33.8 Å². The van der Waals surface area contributed by atoms with Gasteiger partial charge in [0.15, 0.2) is 0 Å². The fraction of sp³-hybridized carbons (Fsp3) is 0.417. The highest BCUT2D eigenvalue weighted by Crippen LogP contribution is 2.33. The number of aliphatic carboxylic acids is 1. The van der Waals surface area contributed by atoms with E-state index in [1.807, 2.05) is 19.1 Å². The van der Waals surface area contributed by atoms with Gasteiger partial charge in [-0.15, -0.1) is 11.8 Å². The van der Waals surface area contributed by atoms with Gasteiger partial charge in [-0.2, -0.15) is 0 Å². The van der Waals surface area contributed by atoms with Crippen LogP contribution in [0.5, 0.6) is 0 Å². The minimum Gasteiger partial charge on any atom is -0.480 e. The number of hydrogen-bond acceptors (Lipinski definition) is 3. The number of carbonyl (C=O) groups is 1. The smallest absolute Gasteiger partial charge is 0.320 e. The van der Waals surface area contributed by atoms with Gasteiger partial charge in [-0.1, -0.05) is 28.1 Å². The van der Waals surface area contributed by atoms with Crippen LogP contribution >= 0.6 is 27.7 Å². The average molecular weight is 316 g/mol. The quantitative estimate of drug-likeness (QED) is 0.881. The molecule has 1 fully saturated rings. The molecule has 92 valence electrons. The van der Waals surface area contributed by atoms with Gasteiger partial charge in [-0.05, 0) is 36.3 Å². The number of aryl methyl sites for hydroxylation is 1. The average Bonchev–Trinajstić information content (AvgIpc) is 2.33. The molecule has 0 saturated carbocycles. The van der Waals surface area contributed by atoms with Crippen molar-refractivity contribution in [2.75, 3.05) is 5.75 Å².